The molecule has 5 heteroatoms. The van der Waals surface area contributed by atoms with E-state index in [9.17, 15) is 9.59 Å². The van der Waals surface area contributed by atoms with E-state index in [-0.39, 0.29) is 18.2 Å². The molecule has 0 fully saturated rings. The molecule has 0 aromatic heterocycles. The maximum atomic E-state index is 12.1. The van der Waals surface area contributed by atoms with Crippen LogP contribution in [0.4, 0.5) is 0 Å². The molecule has 0 spiro atoms. The second-order valence-corrected chi connectivity index (χ2v) is 6.05. The molecule has 1 atom stereocenters. The van der Waals surface area contributed by atoms with E-state index in [1.807, 2.05) is 48.7 Å². The predicted octanol–water partition coefficient (Wildman–Crippen LogP) is 2.28. The van der Waals surface area contributed by atoms with E-state index in [1.165, 1.54) is 0 Å². The molecule has 2 aromatic carbocycles. The molecule has 3 N–H and O–H groups in total. The number of nitrogens with one attached hydrogen (secondary N) is 1. The van der Waals surface area contributed by atoms with Crippen molar-refractivity contribution in [1.82, 2.24) is 5.32 Å². The summed E-state index contributed by atoms with van der Waals surface area (Å²) in [5.74, 6) is -0.444. The molecule has 1 amide bonds. The summed E-state index contributed by atoms with van der Waals surface area (Å²) in [6.07, 6.45) is 2.43. The third-order valence-electron chi connectivity index (χ3n) is 3.47. The van der Waals surface area contributed by atoms with Crippen molar-refractivity contribution in [3.63, 3.8) is 0 Å². The van der Waals surface area contributed by atoms with Crippen LogP contribution in [0.5, 0.6) is 0 Å². The van der Waals surface area contributed by atoms with Crippen molar-refractivity contribution in [1.29, 1.82) is 0 Å². The molecular formula is C18H20N2O2S. The lowest BCUT2D eigenvalue weighted by Crippen LogP contribution is -2.43. The molecule has 2 rings (SSSR count). The van der Waals surface area contributed by atoms with E-state index >= 15 is 0 Å². The van der Waals surface area contributed by atoms with E-state index in [2.05, 4.69) is 5.32 Å². The molecule has 0 aliphatic rings. The lowest BCUT2D eigenvalue weighted by molar-refractivity contribution is -0.122. The Morgan fingerprint density at radius 2 is 1.74 bits per heavy atom. The molecule has 0 aliphatic carbocycles. The maximum Gasteiger partial charge on any atom is 0.237 e. The standard InChI is InChI=1S/C18H20N2O2S/c1-23-15-9-7-14(8-10-15)17(21)12-20-18(22)16(19)11-13-5-3-2-4-6-13/h2-10,16H,11-12,19H2,1H3,(H,20,22)/t16-/m0/s1. The van der Waals surface area contributed by atoms with Crippen LogP contribution in [0.25, 0.3) is 0 Å². The first-order chi connectivity index (χ1) is 11.1. The van der Waals surface area contributed by atoms with Gasteiger partial charge in [0, 0.05) is 10.5 Å². The minimum atomic E-state index is -0.663. The van der Waals surface area contributed by atoms with Crippen molar-refractivity contribution in [2.24, 2.45) is 5.73 Å². The van der Waals surface area contributed by atoms with Crippen LogP contribution in [0.1, 0.15) is 15.9 Å². The van der Waals surface area contributed by atoms with Crippen LogP contribution in [0.15, 0.2) is 59.5 Å². The van der Waals surface area contributed by atoms with Crippen LogP contribution in [0.3, 0.4) is 0 Å². The fourth-order valence-corrected chi connectivity index (χ4v) is 2.55. The van der Waals surface area contributed by atoms with Gasteiger partial charge in [-0.15, -0.1) is 11.8 Å². The highest BCUT2D eigenvalue weighted by Crippen LogP contribution is 2.14. The number of thioether (sulfide) groups is 1. The number of rotatable bonds is 7. The maximum absolute atomic E-state index is 12.1. The van der Waals surface area contributed by atoms with Gasteiger partial charge in [-0.2, -0.15) is 0 Å². The second-order valence-electron chi connectivity index (χ2n) is 5.17. The number of hydrogen-bond acceptors (Lipinski definition) is 4. The van der Waals surface area contributed by atoms with Crippen molar-refractivity contribution in [3.8, 4) is 0 Å². The van der Waals surface area contributed by atoms with Gasteiger partial charge in [-0.3, -0.25) is 9.59 Å². The number of nitrogens with two attached hydrogens (primary N) is 1. The average molecular weight is 328 g/mol. The highest BCUT2D eigenvalue weighted by Gasteiger charge is 2.15. The molecule has 0 aliphatic heterocycles. The highest BCUT2D eigenvalue weighted by atomic mass is 32.2. The molecule has 23 heavy (non-hydrogen) atoms. The van der Waals surface area contributed by atoms with Gasteiger partial charge in [0.25, 0.3) is 0 Å². The average Bonchev–Trinajstić information content (AvgIpc) is 2.60. The number of amides is 1. The lowest BCUT2D eigenvalue weighted by atomic mass is 10.1. The zero-order valence-corrected chi connectivity index (χ0v) is 13.8. The van der Waals surface area contributed by atoms with E-state index < -0.39 is 6.04 Å². The minimum absolute atomic E-state index is 0.0417. The Labute approximate surface area is 140 Å². The fraction of sp³-hybridized carbons (Fsp3) is 0.222. The van der Waals surface area contributed by atoms with Gasteiger partial charge in [-0.25, -0.2) is 0 Å². The van der Waals surface area contributed by atoms with E-state index in [4.69, 9.17) is 5.73 Å². The van der Waals surface area contributed by atoms with Crippen molar-refractivity contribution in [2.45, 2.75) is 17.4 Å². The summed E-state index contributed by atoms with van der Waals surface area (Å²) in [7, 11) is 0. The Balaban J connectivity index is 1.84. The van der Waals surface area contributed by atoms with Gasteiger partial charge in [-0.1, -0.05) is 42.5 Å². The van der Waals surface area contributed by atoms with Crippen LogP contribution >= 0.6 is 11.8 Å². The third kappa shape index (κ3) is 5.23. The first-order valence-electron chi connectivity index (χ1n) is 7.34. The van der Waals surface area contributed by atoms with Crippen LogP contribution in [0, 0.1) is 0 Å². The zero-order valence-electron chi connectivity index (χ0n) is 13.0. The van der Waals surface area contributed by atoms with Crippen LogP contribution < -0.4 is 11.1 Å². The third-order valence-corrected chi connectivity index (χ3v) is 4.21. The van der Waals surface area contributed by atoms with Crippen molar-refractivity contribution >= 4 is 23.5 Å². The van der Waals surface area contributed by atoms with Gasteiger partial charge in [0.1, 0.15) is 0 Å². The lowest BCUT2D eigenvalue weighted by Gasteiger charge is -2.12. The summed E-state index contributed by atoms with van der Waals surface area (Å²) in [6.45, 7) is -0.0417. The van der Waals surface area contributed by atoms with Gasteiger partial charge in [0.05, 0.1) is 12.6 Å². The Kier molecular flexibility index (Phi) is 6.38. The topological polar surface area (TPSA) is 72.2 Å². The summed E-state index contributed by atoms with van der Waals surface area (Å²) in [4.78, 5) is 25.2. The van der Waals surface area contributed by atoms with E-state index in [0.29, 0.717) is 12.0 Å². The predicted molar refractivity (Wildman–Crippen MR) is 93.7 cm³/mol. The minimum Gasteiger partial charge on any atom is -0.347 e. The van der Waals surface area contributed by atoms with Gasteiger partial charge in [0.2, 0.25) is 5.91 Å². The largest absolute Gasteiger partial charge is 0.347 e. The Bertz CT molecular complexity index is 656. The van der Waals surface area contributed by atoms with E-state index in [0.717, 1.165) is 10.5 Å². The second kappa shape index (κ2) is 8.50. The molecular weight excluding hydrogens is 308 g/mol. The molecule has 0 saturated carbocycles. The SMILES string of the molecule is CSc1ccc(C(=O)CNC(=O)[C@@H](N)Cc2ccccc2)cc1. The van der Waals surface area contributed by atoms with Gasteiger partial charge in [0.15, 0.2) is 5.78 Å². The van der Waals surface area contributed by atoms with Crippen molar-refractivity contribution < 1.29 is 9.59 Å². The molecule has 4 nitrogen and oxygen atoms in total. The smallest absolute Gasteiger partial charge is 0.237 e. The number of carbonyl (C=O) groups is 2. The van der Waals surface area contributed by atoms with Crippen LogP contribution in [0.2, 0.25) is 0 Å². The van der Waals surface area contributed by atoms with Crippen molar-refractivity contribution in [2.75, 3.05) is 12.8 Å². The van der Waals surface area contributed by atoms with Crippen LogP contribution in [-0.2, 0) is 11.2 Å². The Morgan fingerprint density at radius 3 is 2.35 bits per heavy atom. The number of ketones is 1. The van der Waals surface area contributed by atoms with Crippen molar-refractivity contribution in [3.05, 3.63) is 65.7 Å². The van der Waals surface area contributed by atoms with Gasteiger partial charge >= 0.3 is 0 Å². The molecule has 0 saturated heterocycles. The molecule has 0 bridgehead atoms. The Morgan fingerprint density at radius 1 is 1.09 bits per heavy atom. The molecule has 2 aromatic rings. The van der Waals surface area contributed by atoms with Gasteiger partial charge < -0.3 is 11.1 Å². The Hall–Kier alpha value is -2.11. The van der Waals surface area contributed by atoms with Gasteiger partial charge in [-0.05, 0) is 30.4 Å². The monoisotopic (exact) mass is 328 g/mol. The molecule has 120 valence electrons. The summed E-state index contributed by atoms with van der Waals surface area (Å²) in [6, 6.07) is 16.2. The highest BCUT2D eigenvalue weighted by molar-refractivity contribution is 7.98. The van der Waals surface area contributed by atoms with E-state index in [1.54, 1.807) is 23.9 Å². The summed E-state index contributed by atoms with van der Waals surface area (Å²) < 4.78 is 0. The number of benzene rings is 2. The summed E-state index contributed by atoms with van der Waals surface area (Å²) in [5.41, 5.74) is 7.46. The first kappa shape index (κ1) is 17.2. The van der Waals surface area contributed by atoms with Crippen LogP contribution in [-0.4, -0.2) is 30.5 Å². The quantitative estimate of drug-likeness (QED) is 0.604. The normalized spacial score (nSPS) is 11.7. The number of Topliss-reactive ketones (excluding diaryl/α,β-unsaturated/α-hetero) is 1. The number of hydrogen-bond donors (Lipinski definition) is 2. The number of carbonyl (C=O) groups excluding carboxylic acids is 2. The summed E-state index contributed by atoms with van der Waals surface area (Å²) >= 11 is 1.61. The zero-order chi connectivity index (χ0) is 16.7. The summed E-state index contributed by atoms with van der Waals surface area (Å²) in [5, 5.41) is 2.61. The first-order valence-corrected chi connectivity index (χ1v) is 8.57. The molecule has 0 radical (unpaired) electrons. The fourth-order valence-electron chi connectivity index (χ4n) is 2.14. The molecule has 0 unspecified atom stereocenters. The molecule has 0 heterocycles.